The summed E-state index contributed by atoms with van der Waals surface area (Å²) in [5, 5.41) is 0. The number of nitrogens with zero attached hydrogens (tertiary/aromatic N) is 1. The number of ether oxygens (including phenoxy) is 2. The normalized spacial score (nSPS) is 10.3. The molecule has 0 aliphatic heterocycles. The van der Waals surface area contributed by atoms with E-state index in [2.05, 4.69) is 0 Å². The van der Waals surface area contributed by atoms with E-state index in [1.165, 1.54) is 7.11 Å². The van der Waals surface area contributed by atoms with Crippen molar-refractivity contribution in [1.82, 2.24) is 4.90 Å². The first-order valence-electron chi connectivity index (χ1n) is 8.59. The van der Waals surface area contributed by atoms with Gasteiger partial charge in [-0.15, -0.1) is 0 Å². The van der Waals surface area contributed by atoms with Crippen molar-refractivity contribution < 1.29 is 19.1 Å². The third-order valence-corrected chi connectivity index (χ3v) is 4.20. The van der Waals surface area contributed by atoms with E-state index in [0.717, 1.165) is 16.9 Å². The Kier molecular flexibility index (Phi) is 7.21. The van der Waals surface area contributed by atoms with E-state index < -0.39 is 0 Å². The molecule has 0 spiro atoms. The lowest BCUT2D eigenvalue weighted by Gasteiger charge is -2.23. The molecule has 0 N–H and O–H groups in total. The average Bonchev–Trinajstić information content (AvgIpc) is 2.67. The van der Waals surface area contributed by atoms with Crippen LogP contribution in [-0.4, -0.2) is 44.1 Å². The zero-order valence-corrected chi connectivity index (χ0v) is 15.5. The first-order chi connectivity index (χ1) is 12.5. The highest BCUT2D eigenvalue weighted by Gasteiger charge is 2.17. The lowest BCUT2D eigenvalue weighted by atomic mass is 10.1. The van der Waals surface area contributed by atoms with Gasteiger partial charge in [0.25, 0.3) is 5.91 Å². The van der Waals surface area contributed by atoms with Gasteiger partial charge in [-0.05, 0) is 43.2 Å². The van der Waals surface area contributed by atoms with Gasteiger partial charge in [-0.1, -0.05) is 29.8 Å². The molecule has 0 aliphatic rings. The molecule has 138 valence electrons. The number of amides is 1. The number of hydrogen-bond donors (Lipinski definition) is 0. The SMILES string of the molecule is COC(=O)CCN(CCc1ccc(OC)cc1)C(=O)c1cccc(C)c1. The van der Waals surface area contributed by atoms with Crippen LogP contribution in [-0.2, 0) is 16.0 Å². The molecule has 0 saturated carbocycles. The number of carbonyl (C=O) groups is 2. The minimum Gasteiger partial charge on any atom is -0.497 e. The first-order valence-corrected chi connectivity index (χ1v) is 8.59. The smallest absolute Gasteiger partial charge is 0.307 e. The Bertz CT molecular complexity index is 740. The van der Waals surface area contributed by atoms with Gasteiger partial charge in [-0.25, -0.2) is 0 Å². The lowest BCUT2D eigenvalue weighted by Crippen LogP contribution is -2.35. The Hall–Kier alpha value is -2.82. The highest BCUT2D eigenvalue weighted by Crippen LogP contribution is 2.14. The van der Waals surface area contributed by atoms with Crippen molar-refractivity contribution in [3.8, 4) is 5.75 Å². The standard InChI is InChI=1S/C21H25NO4/c1-16-5-4-6-18(15-16)21(24)22(14-12-20(23)26-3)13-11-17-7-9-19(25-2)10-8-17/h4-10,15H,11-14H2,1-3H3. The number of carbonyl (C=O) groups excluding carboxylic acids is 2. The van der Waals surface area contributed by atoms with Gasteiger partial charge >= 0.3 is 5.97 Å². The number of esters is 1. The molecule has 0 heterocycles. The Morgan fingerprint density at radius 1 is 1.00 bits per heavy atom. The maximum Gasteiger partial charge on any atom is 0.307 e. The minimum absolute atomic E-state index is 0.0777. The molecule has 0 aliphatic carbocycles. The lowest BCUT2D eigenvalue weighted by molar-refractivity contribution is -0.140. The Balaban J connectivity index is 2.08. The molecule has 5 heteroatoms. The van der Waals surface area contributed by atoms with Crippen LogP contribution in [0.2, 0.25) is 0 Å². The molecule has 0 unspecified atom stereocenters. The van der Waals surface area contributed by atoms with Crippen LogP contribution in [0.25, 0.3) is 0 Å². The van der Waals surface area contributed by atoms with Crippen LogP contribution in [0.4, 0.5) is 0 Å². The third-order valence-electron chi connectivity index (χ3n) is 4.20. The number of aryl methyl sites for hydroxylation is 1. The maximum absolute atomic E-state index is 12.9. The van der Waals surface area contributed by atoms with Crippen molar-refractivity contribution in [3.05, 3.63) is 65.2 Å². The van der Waals surface area contributed by atoms with E-state index in [1.807, 2.05) is 49.4 Å². The van der Waals surface area contributed by atoms with Crippen LogP contribution in [0, 0.1) is 6.92 Å². The van der Waals surface area contributed by atoms with Gasteiger partial charge in [-0.2, -0.15) is 0 Å². The van der Waals surface area contributed by atoms with Crippen LogP contribution < -0.4 is 4.74 Å². The maximum atomic E-state index is 12.9. The highest BCUT2D eigenvalue weighted by molar-refractivity contribution is 5.94. The molecular formula is C21H25NO4. The van der Waals surface area contributed by atoms with E-state index >= 15 is 0 Å². The molecule has 1 amide bonds. The summed E-state index contributed by atoms with van der Waals surface area (Å²) in [6.45, 7) is 2.80. The molecular weight excluding hydrogens is 330 g/mol. The summed E-state index contributed by atoms with van der Waals surface area (Å²) in [5.41, 5.74) is 2.76. The van der Waals surface area contributed by atoms with Crippen molar-refractivity contribution >= 4 is 11.9 Å². The van der Waals surface area contributed by atoms with E-state index in [-0.39, 0.29) is 18.3 Å². The summed E-state index contributed by atoms with van der Waals surface area (Å²) in [4.78, 5) is 26.1. The Morgan fingerprint density at radius 2 is 1.73 bits per heavy atom. The van der Waals surface area contributed by atoms with Gasteiger partial charge < -0.3 is 14.4 Å². The fourth-order valence-electron chi connectivity index (χ4n) is 2.66. The topological polar surface area (TPSA) is 55.8 Å². The monoisotopic (exact) mass is 355 g/mol. The van der Waals surface area contributed by atoms with Gasteiger partial charge in [0, 0.05) is 18.7 Å². The first kappa shape index (κ1) is 19.5. The van der Waals surface area contributed by atoms with E-state index in [9.17, 15) is 9.59 Å². The van der Waals surface area contributed by atoms with Crippen LogP contribution in [0.15, 0.2) is 48.5 Å². The Labute approximate surface area is 154 Å². The highest BCUT2D eigenvalue weighted by atomic mass is 16.5. The fourth-order valence-corrected chi connectivity index (χ4v) is 2.66. The quantitative estimate of drug-likeness (QED) is 0.682. The van der Waals surface area contributed by atoms with Gasteiger partial charge in [0.15, 0.2) is 0 Å². The molecule has 26 heavy (non-hydrogen) atoms. The number of rotatable bonds is 8. The summed E-state index contributed by atoms with van der Waals surface area (Å²) in [6.07, 6.45) is 0.874. The summed E-state index contributed by atoms with van der Waals surface area (Å²) in [5.74, 6) is 0.398. The predicted molar refractivity (Wildman–Crippen MR) is 100 cm³/mol. The summed E-state index contributed by atoms with van der Waals surface area (Å²) < 4.78 is 9.87. The van der Waals surface area contributed by atoms with Crippen LogP contribution in [0.1, 0.15) is 27.9 Å². The fraction of sp³-hybridized carbons (Fsp3) is 0.333. The molecule has 2 aromatic carbocycles. The largest absolute Gasteiger partial charge is 0.497 e. The molecule has 0 aromatic heterocycles. The molecule has 0 radical (unpaired) electrons. The van der Waals surface area contributed by atoms with Crippen LogP contribution in [0.3, 0.4) is 0 Å². The molecule has 2 rings (SSSR count). The van der Waals surface area contributed by atoms with Crippen molar-refractivity contribution in [2.45, 2.75) is 19.8 Å². The second-order valence-electron chi connectivity index (χ2n) is 6.09. The summed E-state index contributed by atoms with van der Waals surface area (Å²) in [7, 11) is 2.98. The van der Waals surface area contributed by atoms with E-state index in [0.29, 0.717) is 25.1 Å². The van der Waals surface area contributed by atoms with Crippen LogP contribution >= 0.6 is 0 Å². The zero-order valence-electron chi connectivity index (χ0n) is 15.5. The van der Waals surface area contributed by atoms with E-state index in [4.69, 9.17) is 9.47 Å². The van der Waals surface area contributed by atoms with Crippen molar-refractivity contribution in [2.75, 3.05) is 27.3 Å². The van der Waals surface area contributed by atoms with Gasteiger partial charge in [0.05, 0.1) is 20.6 Å². The second kappa shape index (κ2) is 9.61. The molecule has 0 saturated heterocycles. The van der Waals surface area contributed by atoms with E-state index in [1.54, 1.807) is 18.1 Å². The van der Waals surface area contributed by atoms with Crippen molar-refractivity contribution in [2.24, 2.45) is 0 Å². The summed E-state index contributed by atoms with van der Waals surface area (Å²) in [6, 6.07) is 15.2. The summed E-state index contributed by atoms with van der Waals surface area (Å²) >= 11 is 0. The molecule has 0 fully saturated rings. The number of methoxy groups -OCH3 is 2. The average molecular weight is 355 g/mol. The zero-order chi connectivity index (χ0) is 18.9. The molecule has 2 aromatic rings. The van der Waals surface area contributed by atoms with Crippen LogP contribution in [0.5, 0.6) is 5.75 Å². The van der Waals surface area contributed by atoms with Crippen molar-refractivity contribution in [3.63, 3.8) is 0 Å². The van der Waals surface area contributed by atoms with Gasteiger partial charge in [0.2, 0.25) is 0 Å². The number of benzene rings is 2. The number of hydrogen-bond acceptors (Lipinski definition) is 4. The van der Waals surface area contributed by atoms with Gasteiger partial charge in [-0.3, -0.25) is 9.59 Å². The molecule has 0 bridgehead atoms. The second-order valence-corrected chi connectivity index (χ2v) is 6.09. The third kappa shape index (κ3) is 5.62. The molecule has 5 nitrogen and oxygen atoms in total. The van der Waals surface area contributed by atoms with Crippen molar-refractivity contribution in [1.29, 1.82) is 0 Å². The predicted octanol–water partition coefficient (Wildman–Crippen LogP) is 3.25. The Morgan fingerprint density at radius 3 is 2.35 bits per heavy atom. The minimum atomic E-state index is -0.323. The van der Waals surface area contributed by atoms with Gasteiger partial charge in [0.1, 0.15) is 5.75 Å². The molecule has 0 atom stereocenters.